The summed E-state index contributed by atoms with van der Waals surface area (Å²) in [7, 11) is 0. The van der Waals surface area contributed by atoms with Crippen molar-refractivity contribution in [2.24, 2.45) is 0 Å². The van der Waals surface area contributed by atoms with Crippen molar-refractivity contribution in [2.45, 2.75) is 37.3 Å². The third-order valence-electron chi connectivity index (χ3n) is 3.13. The molecule has 19 heavy (non-hydrogen) atoms. The van der Waals surface area contributed by atoms with Gasteiger partial charge in [0.15, 0.2) is 6.29 Å². The fourth-order valence-corrected chi connectivity index (χ4v) is 2.03. The van der Waals surface area contributed by atoms with Gasteiger partial charge in [0, 0.05) is 0 Å². The van der Waals surface area contributed by atoms with Crippen LogP contribution < -0.4 is 0 Å². The van der Waals surface area contributed by atoms with Crippen molar-refractivity contribution in [1.29, 1.82) is 0 Å². The molecule has 0 spiro atoms. The Kier molecular flexibility index (Phi) is 4.87. The summed E-state index contributed by atoms with van der Waals surface area (Å²) >= 11 is 0. The van der Waals surface area contributed by atoms with Gasteiger partial charge in [-0.15, -0.1) is 0 Å². The zero-order valence-electron chi connectivity index (χ0n) is 10.3. The molecular formula is C13H18O6. The van der Waals surface area contributed by atoms with Crippen LogP contribution in [0.5, 0.6) is 0 Å². The summed E-state index contributed by atoms with van der Waals surface area (Å²) in [5.74, 6) is 0. The number of aliphatic hydroxyl groups is 4. The predicted octanol–water partition coefficient (Wildman–Crippen LogP) is -0.997. The highest BCUT2D eigenvalue weighted by molar-refractivity contribution is 5.13. The van der Waals surface area contributed by atoms with Gasteiger partial charge >= 0.3 is 0 Å². The van der Waals surface area contributed by atoms with E-state index in [2.05, 4.69) is 0 Å². The minimum Gasteiger partial charge on any atom is -0.394 e. The summed E-state index contributed by atoms with van der Waals surface area (Å²) in [6.07, 6.45) is -6.03. The monoisotopic (exact) mass is 270 g/mol. The van der Waals surface area contributed by atoms with Crippen molar-refractivity contribution < 1.29 is 29.9 Å². The lowest BCUT2D eigenvalue weighted by molar-refractivity contribution is -0.296. The molecule has 4 N–H and O–H groups in total. The molecule has 1 fully saturated rings. The molecule has 1 aliphatic rings. The second-order valence-corrected chi connectivity index (χ2v) is 4.49. The van der Waals surface area contributed by atoms with Crippen LogP contribution in [0.2, 0.25) is 0 Å². The Labute approximate surface area is 110 Å². The smallest absolute Gasteiger partial charge is 0.184 e. The number of benzene rings is 1. The molecule has 1 aliphatic heterocycles. The molecule has 1 heterocycles. The van der Waals surface area contributed by atoms with Crippen molar-refractivity contribution in [3.63, 3.8) is 0 Å². The van der Waals surface area contributed by atoms with Crippen molar-refractivity contribution in [1.82, 2.24) is 0 Å². The molecule has 1 aromatic carbocycles. The summed E-state index contributed by atoms with van der Waals surface area (Å²) in [4.78, 5) is 0. The minimum absolute atomic E-state index is 0.185. The Morgan fingerprint density at radius 1 is 1.05 bits per heavy atom. The van der Waals surface area contributed by atoms with Crippen LogP contribution in [0.4, 0.5) is 0 Å². The fourth-order valence-electron chi connectivity index (χ4n) is 2.03. The van der Waals surface area contributed by atoms with E-state index >= 15 is 0 Å². The van der Waals surface area contributed by atoms with Crippen LogP contribution >= 0.6 is 0 Å². The molecule has 2 rings (SSSR count). The molecule has 1 aromatic rings. The second kappa shape index (κ2) is 6.42. The van der Waals surface area contributed by atoms with Gasteiger partial charge < -0.3 is 29.9 Å². The average molecular weight is 270 g/mol. The van der Waals surface area contributed by atoms with Crippen LogP contribution in [0.1, 0.15) is 5.56 Å². The van der Waals surface area contributed by atoms with E-state index < -0.39 is 37.3 Å². The van der Waals surface area contributed by atoms with Gasteiger partial charge in [-0.2, -0.15) is 0 Å². The Bertz CT molecular complexity index is 384. The topological polar surface area (TPSA) is 99.4 Å². The number of hydrogen-bond donors (Lipinski definition) is 4. The highest BCUT2D eigenvalue weighted by Gasteiger charge is 2.44. The summed E-state index contributed by atoms with van der Waals surface area (Å²) in [6, 6.07) is 9.26. The van der Waals surface area contributed by atoms with Crippen molar-refractivity contribution in [3.05, 3.63) is 35.9 Å². The highest BCUT2D eigenvalue weighted by atomic mass is 16.6. The molecule has 0 saturated carbocycles. The molecule has 0 bridgehead atoms. The molecule has 1 saturated heterocycles. The molecule has 0 aromatic heterocycles. The maximum atomic E-state index is 9.91. The number of rotatable bonds is 4. The average Bonchev–Trinajstić information content (AvgIpc) is 2.44. The van der Waals surface area contributed by atoms with E-state index in [-0.39, 0.29) is 6.61 Å². The number of aliphatic hydroxyl groups excluding tert-OH is 4. The minimum atomic E-state index is -1.48. The van der Waals surface area contributed by atoms with Gasteiger partial charge in [-0.25, -0.2) is 0 Å². The van der Waals surface area contributed by atoms with Gasteiger partial charge in [0.05, 0.1) is 13.2 Å². The molecule has 0 aliphatic carbocycles. The Morgan fingerprint density at radius 2 is 1.74 bits per heavy atom. The first kappa shape index (κ1) is 14.4. The molecule has 6 nitrogen and oxygen atoms in total. The van der Waals surface area contributed by atoms with E-state index in [0.717, 1.165) is 5.56 Å². The van der Waals surface area contributed by atoms with Crippen LogP contribution in [0.15, 0.2) is 30.3 Å². The molecule has 0 amide bonds. The first-order valence-corrected chi connectivity index (χ1v) is 6.09. The summed E-state index contributed by atoms with van der Waals surface area (Å²) in [5.41, 5.74) is 0.878. The lowest BCUT2D eigenvalue weighted by Gasteiger charge is -2.39. The van der Waals surface area contributed by atoms with E-state index in [1.54, 1.807) is 0 Å². The van der Waals surface area contributed by atoms with E-state index in [9.17, 15) is 15.3 Å². The summed E-state index contributed by atoms with van der Waals surface area (Å²) < 4.78 is 10.3. The molecule has 6 heteroatoms. The second-order valence-electron chi connectivity index (χ2n) is 4.49. The van der Waals surface area contributed by atoms with Crippen LogP contribution in [-0.4, -0.2) is 57.7 Å². The lowest BCUT2D eigenvalue weighted by Crippen LogP contribution is -2.59. The van der Waals surface area contributed by atoms with E-state index in [1.807, 2.05) is 30.3 Å². The normalized spacial score (nSPS) is 35.3. The zero-order chi connectivity index (χ0) is 13.8. The highest BCUT2D eigenvalue weighted by Crippen LogP contribution is 2.23. The standard InChI is InChI=1S/C13H18O6/c14-6-9-10(15)12(11(16)13(17)19-9)18-7-8-4-2-1-3-5-8/h1-5,9-17H,6-7H2/t9?,10-,11?,12+,13?/m1/s1. The van der Waals surface area contributed by atoms with E-state index in [4.69, 9.17) is 14.6 Å². The third-order valence-corrected chi connectivity index (χ3v) is 3.13. The van der Waals surface area contributed by atoms with Gasteiger partial charge in [0.1, 0.15) is 24.4 Å². The molecule has 3 unspecified atom stereocenters. The van der Waals surface area contributed by atoms with Gasteiger partial charge in [0.2, 0.25) is 0 Å². The number of ether oxygens (including phenoxy) is 2. The molecule has 0 radical (unpaired) electrons. The first-order valence-electron chi connectivity index (χ1n) is 6.09. The lowest BCUT2D eigenvalue weighted by atomic mass is 9.99. The van der Waals surface area contributed by atoms with Crippen LogP contribution in [0, 0.1) is 0 Å². The van der Waals surface area contributed by atoms with E-state index in [0.29, 0.717) is 0 Å². The molecule has 5 atom stereocenters. The Hall–Kier alpha value is -1.02. The van der Waals surface area contributed by atoms with Crippen molar-refractivity contribution >= 4 is 0 Å². The zero-order valence-corrected chi connectivity index (χ0v) is 10.3. The fraction of sp³-hybridized carbons (Fsp3) is 0.538. The summed E-state index contributed by atoms with van der Waals surface area (Å²) in [6.45, 7) is -0.277. The molecule has 106 valence electrons. The van der Waals surface area contributed by atoms with E-state index in [1.165, 1.54) is 0 Å². The van der Waals surface area contributed by atoms with Crippen LogP contribution in [0.3, 0.4) is 0 Å². The van der Waals surface area contributed by atoms with Crippen molar-refractivity contribution in [3.8, 4) is 0 Å². The quantitative estimate of drug-likeness (QED) is 0.560. The Balaban J connectivity index is 2.00. The van der Waals surface area contributed by atoms with Crippen LogP contribution in [0.25, 0.3) is 0 Å². The Morgan fingerprint density at radius 3 is 2.37 bits per heavy atom. The van der Waals surface area contributed by atoms with Crippen LogP contribution in [-0.2, 0) is 16.1 Å². The maximum Gasteiger partial charge on any atom is 0.184 e. The predicted molar refractivity (Wildman–Crippen MR) is 65.0 cm³/mol. The van der Waals surface area contributed by atoms with Gasteiger partial charge in [-0.3, -0.25) is 0 Å². The maximum absolute atomic E-state index is 9.91. The first-order chi connectivity index (χ1) is 9.13. The molecular weight excluding hydrogens is 252 g/mol. The third kappa shape index (κ3) is 3.30. The van der Waals surface area contributed by atoms with Gasteiger partial charge in [-0.1, -0.05) is 30.3 Å². The number of hydrogen-bond acceptors (Lipinski definition) is 6. The summed E-state index contributed by atoms with van der Waals surface area (Å²) in [5, 5.41) is 38.2. The van der Waals surface area contributed by atoms with Gasteiger partial charge in [0.25, 0.3) is 0 Å². The SMILES string of the molecule is OCC1OC(O)C(O)[C@@H](OCc2ccccc2)[C@@H]1O. The van der Waals surface area contributed by atoms with Crippen molar-refractivity contribution in [2.75, 3.05) is 6.61 Å². The van der Waals surface area contributed by atoms with Gasteiger partial charge in [-0.05, 0) is 5.56 Å². The largest absolute Gasteiger partial charge is 0.394 e.